The number of furan rings is 1. The van der Waals surface area contributed by atoms with E-state index in [2.05, 4.69) is 0 Å². The molecule has 0 unspecified atom stereocenters. The molecule has 0 atom stereocenters. The van der Waals surface area contributed by atoms with E-state index in [9.17, 15) is 71.5 Å². The summed E-state index contributed by atoms with van der Waals surface area (Å²) in [4.78, 5) is 0. The number of phenolic OH excluding ortho intramolecular Hbond substituents is 14. The monoisotopic (exact) mass is 768 g/mol. The van der Waals surface area contributed by atoms with Crippen LogP contribution in [0.25, 0.3) is 98.8 Å². The van der Waals surface area contributed by atoms with Crippen molar-refractivity contribution in [3.05, 3.63) is 60.7 Å². The number of phenols is 14. The summed E-state index contributed by atoms with van der Waals surface area (Å²) in [5.41, 5.74) is -2.04. The Morgan fingerprint density at radius 2 is 0.667 bits per heavy atom. The molecule has 57 heavy (non-hydrogen) atoms. The highest BCUT2D eigenvalue weighted by molar-refractivity contribution is 6.34. The van der Waals surface area contributed by atoms with Gasteiger partial charge in [0.15, 0.2) is 57.2 Å². The van der Waals surface area contributed by atoms with Crippen molar-refractivity contribution in [3.63, 3.8) is 0 Å². The van der Waals surface area contributed by atoms with Gasteiger partial charge in [-0.2, -0.15) is 0 Å². The summed E-state index contributed by atoms with van der Waals surface area (Å²) < 4.78 is 5.60. The van der Waals surface area contributed by atoms with Crippen molar-refractivity contribution in [2.75, 3.05) is 0 Å². The van der Waals surface area contributed by atoms with Gasteiger partial charge in [-0.15, -0.1) is 0 Å². The lowest BCUT2D eigenvalue weighted by Crippen LogP contribution is -1.96. The van der Waals surface area contributed by atoms with Crippen LogP contribution in [-0.4, -0.2) is 71.5 Å². The Morgan fingerprint density at radius 1 is 0.263 bits per heavy atom. The quantitative estimate of drug-likeness (QED) is 0.0429. The fourth-order valence-electron chi connectivity index (χ4n) is 8.39. The molecule has 0 amide bonds. The van der Waals surface area contributed by atoms with Crippen LogP contribution in [0.15, 0.2) is 65.1 Å². The van der Waals surface area contributed by atoms with Crippen LogP contribution in [0.5, 0.6) is 80.5 Å². The normalized spacial score (nSPS) is 12.1. The summed E-state index contributed by atoms with van der Waals surface area (Å²) in [6, 6.07) is 17.3. The standard InChI is InChI=1S/C42H24O15/c43-27-18-16-10-12-6-2-1-5-11(12)9-15(16)13-7-3-4-8-14(13)17-19(18)22(29(45)35(27)51)20(23-21(17)28(44)36(52)37(53)30(23)46)24-31(47)32(48)25-26-33(49)38(54)39(55)40(56)42(26)57-41(25)34(24)50/h1-10,43-56H. The average Bonchev–Trinajstić information content (AvgIpc) is 3.58. The zero-order chi connectivity index (χ0) is 40.3. The van der Waals surface area contributed by atoms with E-state index in [1.54, 1.807) is 48.5 Å². The predicted octanol–water partition coefficient (Wildman–Crippen LogP) is 7.91. The van der Waals surface area contributed by atoms with Gasteiger partial charge in [0.05, 0.1) is 16.3 Å². The van der Waals surface area contributed by atoms with E-state index in [1.807, 2.05) is 12.1 Å². The van der Waals surface area contributed by atoms with Crippen molar-refractivity contribution in [2.24, 2.45) is 0 Å². The highest BCUT2D eigenvalue weighted by atomic mass is 16.4. The van der Waals surface area contributed by atoms with Gasteiger partial charge in [-0.05, 0) is 45.2 Å². The summed E-state index contributed by atoms with van der Waals surface area (Å²) >= 11 is 0. The van der Waals surface area contributed by atoms with Crippen LogP contribution in [0.2, 0.25) is 0 Å². The molecule has 1 aromatic heterocycles. The molecular formula is C42H24O15. The first kappa shape index (κ1) is 33.1. The number of fused-ring (bicyclic) bond motifs is 11. The van der Waals surface area contributed by atoms with Crippen molar-refractivity contribution < 1.29 is 75.9 Å². The van der Waals surface area contributed by atoms with Gasteiger partial charge in [-0.1, -0.05) is 48.5 Å². The zero-order valence-corrected chi connectivity index (χ0v) is 28.4. The highest BCUT2D eigenvalue weighted by Gasteiger charge is 2.39. The van der Waals surface area contributed by atoms with Gasteiger partial charge in [0.1, 0.15) is 0 Å². The molecular weight excluding hydrogens is 744 g/mol. The zero-order valence-electron chi connectivity index (χ0n) is 28.4. The molecule has 0 saturated carbocycles. The number of hydrogen-bond donors (Lipinski definition) is 14. The van der Waals surface area contributed by atoms with Crippen molar-refractivity contribution in [2.45, 2.75) is 0 Å². The van der Waals surface area contributed by atoms with Crippen LogP contribution in [0.4, 0.5) is 0 Å². The summed E-state index contributed by atoms with van der Waals surface area (Å²) in [5, 5.41) is 156. The fourth-order valence-corrected chi connectivity index (χ4v) is 8.39. The third-order valence-corrected chi connectivity index (χ3v) is 10.9. The Labute approximate surface area is 315 Å². The second-order valence-electron chi connectivity index (χ2n) is 13.7. The van der Waals surface area contributed by atoms with Gasteiger partial charge < -0.3 is 75.9 Å². The molecule has 0 saturated heterocycles. The highest BCUT2D eigenvalue weighted by Crippen LogP contribution is 2.67. The van der Waals surface area contributed by atoms with Gasteiger partial charge in [-0.3, -0.25) is 0 Å². The Kier molecular flexibility index (Phi) is 6.16. The molecule has 0 fully saturated rings. The van der Waals surface area contributed by atoms with Crippen LogP contribution in [0.3, 0.4) is 0 Å². The predicted molar refractivity (Wildman–Crippen MR) is 205 cm³/mol. The summed E-state index contributed by atoms with van der Waals surface area (Å²) in [7, 11) is 0. The van der Waals surface area contributed by atoms with E-state index in [1.165, 1.54) is 0 Å². The molecule has 282 valence electrons. The lowest BCUT2D eigenvalue weighted by atomic mass is 9.81. The van der Waals surface area contributed by atoms with Crippen LogP contribution in [0.1, 0.15) is 0 Å². The Bertz CT molecular complexity index is 3400. The molecule has 0 spiro atoms. The summed E-state index contributed by atoms with van der Waals surface area (Å²) in [6.45, 7) is 0. The van der Waals surface area contributed by atoms with E-state index < -0.39 is 130 Å². The second-order valence-corrected chi connectivity index (χ2v) is 13.7. The SMILES string of the molecule is Oc1c(O)c(O)c2c(oc3c(O)c(-c4c5c(O)c(O)c(O)c(O)c5c5c6c(c(O)c(O)c(O)c46)-c4cc6ccccc6cc4-c4ccccc4-5)c(O)c(O)c32)c1O. The largest absolute Gasteiger partial charge is 0.504 e. The third-order valence-electron chi connectivity index (χ3n) is 10.9. The first-order valence-corrected chi connectivity index (χ1v) is 16.8. The van der Waals surface area contributed by atoms with Gasteiger partial charge in [0, 0.05) is 38.2 Å². The van der Waals surface area contributed by atoms with Crippen molar-refractivity contribution in [1.82, 2.24) is 0 Å². The number of benzene rings is 8. The first-order valence-electron chi connectivity index (χ1n) is 16.8. The Morgan fingerprint density at radius 3 is 1.26 bits per heavy atom. The van der Waals surface area contributed by atoms with Gasteiger partial charge in [-0.25, -0.2) is 0 Å². The van der Waals surface area contributed by atoms with Crippen LogP contribution >= 0.6 is 0 Å². The van der Waals surface area contributed by atoms with Crippen molar-refractivity contribution in [3.8, 4) is 125 Å². The molecule has 1 aliphatic rings. The van der Waals surface area contributed by atoms with Gasteiger partial charge in [0.25, 0.3) is 0 Å². The molecule has 1 aliphatic carbocycles. The molecule has 0 aliphatic heterocycles. The smallest absolute Gasteiger partial charge is 0.208 e. The molecule has 9 aromatic rings. The molecule has 0 radical (unpaired) electrons. The number of rotatable bonds is 1. The molecule has 8 aromatic carbocycles. The molecule has 1 heterocycles. The van der Waals surface area contributed by atoms with Crippen molar-refractivity contribution >= 4 is 54.3 Å². The lowest BCUT2D eigenvalue weighted by molar-refractivity contribution is 0.348. The maximum Gasteiger partial charge on any atom is 0.208 e. The van der Waals surface area contributed by atoms with Crippen LogP contribution in [-0.2, 0) is 0 Å². The minimum atomic E-state index is -1.30. The molecule has 10 rings (SSSR count). The second kappa shape index (κ2) is 10.6. The average molecular weight is 769 g/mol. The Balaban J connectivity index is 1.54. The topological polar surface area (TPSA) is 296 Å². The molecule has 15 nitrogen and oxygen atoms in total. The van der Waals surface area contributed by atoms with E-state index in [0.29, 0.717) is 16.5 Å². The van der Waals surface area contributed by atoms with Crippen LogP contribution in [0, 0.1) is 0 Å². The maximum absolute atomic E-state index is 12.0. The van der Waals surface area contributed by atoms with E-state index >= 15 is 0 Å². The lowest BCUT2D eigenvalue weighted by Gasteiger charge is -2.24. The van der Waals surface area contributed by atoms with E-state index in [4.69, 9.17) is 4.42 Å². The fraction of sp³-hybridized carbons (Fsp3) is 0. The molecule has 0 bridgehead atoms. The molecule has 15 heteroatoms. The van der Waals surface area contributed by atoms with Crippen molar-refractivity contribution in [1.29, 1.82) is 0 Å². The minimum absolute atomic E-state index is 0.0860. The van der Waals surface area contributed by atoms with Gasteiger partial charge in [0.2, 0.25) is 34.5 Å². The van der Waals surface area contributed by atoms with E-state index in [0.717, 1.165) is 5.39 Å². The number of aromatic hydroxyl groups is 14. The summed E-state index contributed by atoms with van der Waals surface area (Å²) in [5.74, 6) is -16.3. The minimum Gasteiger partial charge on any atom is -0.504 e. The maximum atomic E-state index is 12.0. The number of hydrogen-bond acceptors (Lipinski definition) is 15. The first-order chi connectivity index (χ1) is 27.2. The third kappa shape index (κ3) is 3.78. The van der Waals surface area contributed by atoms with Crippen LogP contribution < -0.4 is 0 Å². The summed E-state index contributed by atoms with van der Waals surface area (Å²) in [6.07, 6.45) is 0. The molecule has 14 N–H and O–H groups in total. The van der Waals surface area contributed by atoms with Gasteiger partial charge >= 0.3 is 0 Å². The van der Waals surface area contributed by atoms with E-state index in [-0.39, 0.29) is 27.6 Å². The Hall–Kier alpha value is -8.46.